The van der Waals surface area contributed by atoms with E-state index in [1.165, 1.54) is 0 Å². The molecule has 74 valence electrons. The van der Waals surface area contributed by atoms with E-state index in [1.807, 2.05) is 12.2 Å². The molecule has 0 aromatic rings. The predicted molar refractivity (Wildman–Crippen MR) is 48.7 cm³/mol. The topological polar surface area (TPSA) is 58.9 Å². The van der Waals surface area contributed by atoms with Gasteiger partial charge in [0.05, 0.1) is 0 Å². The molecule has 0 amide bonds. The fraction of sp³-hybridized carbons (Fsp3) is 0.250. The van der Waals surface area contributed by atoms with Crippen molar-refractivity contribution in [2.75, 3.05) is 0 Å². The molecule has 0 fully saturated rings. The van der Waals surface area contributed by atoms with Crippen LogP contribution in [0.25, 0.3) is 0 Å². The first-order chi connectivity index (χ1) is 5.31. The van der Waals surface area contributed by atoms with E-state index < -0.39 is 6.17 Å². The average Bonchev–Trinajstić information content (AvgIpc) is 2.60. The second kappa shape index (κ2) is 13.9. The zero-order valence-electron chi connectivity index (χ0n) is 7.34. The molecule has 0 spiro atoms. The molecule has 0 aromatic carbocycles. The molecule has 0 saturated heterocycles. The smallest absolute Gasteiger partial charge is 0.102 e. The molecule has 0 radical (unpaired) electrons. The van der Waals surface area contributed by atoms with Crippen LogP contribution in [0.4, 0.5) is 0 Å². The van der Waals surface area contributed by atoms with E-state index in [0.29, 0.717) is 0 Å². The quantitative estimate of drug-likeness (QED) is 0.567. The van der Waals surface area contributed by atoms with E-state index in [0.717, 1.165) is 6.42 Å². The van der Waals surface area contributed by atoms with Gasteiger partial charge in [-0.3, -0.25) is 13.0 Å². The zero-order chi connectivity index (χ0) is 8.53. The second-order valence-electron chi connectivity index (χ2n) is 1.69. The van der Waals surface area contributed by atoms with Crippen LogP contribution in [0.15, 0.2) is 28.6 Å². The van der Waals surface area contributed by atoms with Gasteiger partial charge in [-0.15, -0.1) is 6.42 Å². The summed E-state index contributed by atoms with van der Waals surface area (Å²) < 4.78 is 0. The fourth-order valence-electron chi connectivity index (χ4n) is 0.359. The van der Waals surface area contributed by atoms with E-state index in [1.54, 1.807) is 0 Å². The van der Waals surface area contributed by atoms with E-state index >= 15 is 0 Å². The largest absolute Gasteiger partial charge is 0.358 e. The van der Waals surface area contributed by atoms with Crippen molar-refractivity contribution in [2.45, 2.75) is 12.6 Å². The Morgan fingerprint density at radius 3 is 2.00 bits per heavy atom. The van der Waals surface area contributed by atoms with Crippen molar-refractivity contribution in [3.8, 4) is 0 Å². The molecule has 5 heteroatoms. The van der Waals surface area contributed by atoms with Gasteiger partial charge in [0.25, 0.3) is 0 Å². The van der Waals surface area contributed by atoms with Crippen molar-refractivity contribution in [1.29, 1.82) is 0 Å². The maximum Gasteiger partial charge on any atom is 0.102 e. The minimum Gasteiger partial charge on any atom is -0.358 e. The summed E-state index contributed by atoms with van der Waals surface area (Å²) in [6, 6.07) is 0. The fourth-order valence-corrected chi connectivity index (χ4v) is 0.359. The number of allylic oxidation sites excluding steroid dienone is 4. The van der Waals surface area contributed by atoms with Crippen LogP contribution in [0.1, 0.15) is 6.42 Å². The van der Waals surface area contributed by atoms with Gasteiger partial charge in [0.1, 0.15) is 6.17 Å². The van der Waals surface area contributed by atoms with Crippen LogP contribution >= 0.6 is 0 Å². The van der Waals surface area contributed by atoms with Gasteiger partial charge in [0.15, 0.2) is 0 Å². The first kappa shape index (κ1) is 18.2. The summed E-state index contributed by atoms with van der Waals surface area (Å²) in [7, 11) is 0. The molecule has 1 rings (SSSR count). The van der Waals surface area contributed by atoms with E-state index in [2.05, 4.69) is 29.4 Å². The molecule has 13 heavy (non-hydrogen) atoms. The molecule has 4 nitrogen and oxygen atoms in total. The molecule has 0 unspecified atom stereocenters. The van der Waals surface area contributed by atoms with Crippen molar-refractivity contribution in [3.63, 3.8) is 0 Å². The number of nitroso groups, excluding NO2 is 2. The molecule has 0 heterocycles. The molecule has 0 saturated carbocycles. The normalized spacial score (nSPS) is 10.6. The number of nitrogens with zero attached hydrogens (tertiary/aromatic N) is 2. The van der Waals surface area contributed by atoms with E-state index in [9.17, 15) is 0 Å². The summed E-state index contributed by atoms with van der Waals surface area (Å²) in [6.45, 7) is 2.92. The summed E-state index contributed by atoms with van der Waals surface area (Å²) in [5.74, 6) is 0. The van der Waals surface area contributed by atoms with E-state index in [-0.39, 0.29) is 28.5 Å². The van der Waals surface area contributed by atoms with Gasteiger partial charge < -0.3 is 7.43 Å². The maximum atomic E-state index is 9.13. The molecule has 0 aromatic heterocycles. The van der Waals surface area contributed by atoms with Gasteiger partial charge in [0, 0.05) is 21.1 Å². The van der Waals surface area contributed by atoms with Crippen molar-refractivity contribution in [3.05, 3.63) is 48.5 Å². The Balaban J connectivity index is -0.000000134. The molecule has 1 aliphatic rings. The van der Waals surface area contributed by atoms with E-state index in [4.69, 9.17) is 9.81 Å². The van der Waals surface area contributed by atoms with Crippen LogP contribution < -0.4 is 0 Å². The zero-order valence-corrected chi connectivity index (χ0v) is 10.3. The molecule has 0 N–H and O–H groups in total. The van der Waals surface area contributed by atoms with Crippen LogP contribution in [0.3, 0.4) is 0 Å². The van der Waals surface area contributed by atoms with Crippen molar-refractivity contribution < 1.29 is 21.1 Å². The monoisotopic (exact) mass is 351 g/mol. The van der Waals surface area contributed by atoms with Crippen molar-refractivity contribution in [2.24, 2.45) is 10.4 Å². The number of hydrogen-bond acceptors (Lipinski definition) is 4. The molecule has 1 aliphatic carbocycles. The minimum atomic E-state index is -1.18. The minimum absolute atomic E-state index is 0. The third-order valence-corrected chi connectivity index (χ3v) is 0.829. The van der Waals surface area contributed by atoms with Gasteiger partial charge >= 0.3 is 0 Å². The SMILES string of the molecule is [C-]1=CC=CC1.[CH2-]C(N=O)N=O.[CH3-].[W]. The van der Waals surface area contributed by atoms with Crippen molar-refractivity contribution in [1.82, 2.24) is 0 Å². The first-order valence-electron chi connectivity index (χ1n) is 3.01. The van der Waals surface area contributed by atoms with Crippen LogP contribution in [-0.2, 0) is 21.1 Å². The molecule has 0 bridgehead atoms. The van der Waals surface area contributed by atoms with Gasteiger partial charge in [-0.1, -0.05) is 10.4 Å². The Kier molecular flexibility index (Phi) is 19.5. The Labute approximate surface area is 92.7 Å². The molecular weight excluding hydrogens is 340 g/mol. The first-order valence-corrected chi connectivity index (χ1v) is 3.01. The molecule has 0 aliphatic heterocycles. The Morgan fingerprint density at radius 1 is 1.38 bits per heavy atom. The van der Waals surface area contributed by atoms with Gasteiger partial charge in [0.2, 0.25) is 0 Å². The summed E-state index contributed by atoms with van der Waals surface area (Å²) in [6.07, 6.45) is 8.82. The maximum absolute atomic E-state index is 9.13. The molecule has 0 atom stereocenters. The van der Waals surface area contributed by atoms with Gasteiger partial charge in [-0.25, -0.2) is 12.2 Å². The number of rotatable bonds is 2. The molecular formula is C8H11N2O2W-3. The summed E-state index contributed by atoms with van der Waals surface area (Å²) >= 11 is 0. The van der Waals surface area contributed by atoms with Crippen LogP contribution in [-0.4, -0.2) is 6.17 Å². The third-order valence-electron chi connectivity index (χ3n) is 0.829. The predicted octanol–water partition coefficient (Wildman–Crippen LogP) is 2.43. The second-order valence-corrected chi connectivity index (χ2v) is 1.69. The van der Waals surface area contributed by atoms with Gasteiger partial charge in [-0.05, 0) is 0 Å². The summed E-state index contributed by atoms with van der Waals surface area (Å²) in [5, 5.41) is 4.33. The standard InChI is InChI=1S/C5H5.C2H3N2O2.CH3.W/c1-2-4-5-3-1;1-2(3-5)4-6;;/h1-3H,4H2;2H,1H2;1H3;/q3*-1;. The van der Waals surface area contributed by atoms with Crippen LogP contribution in [0.5, 0.6) is 0 Å². The Bertz CT molecular complexity index is 163. The third kappa shape index (κ3) is 14.2. The van der Waals surface area contributed by atoms with Crippen molar-refractivity contribution >= 4 is 0 Å². The number of hydrogen-bond donors (Lipinski definition) is 0. The summed E-state index contributed by atoms with van der Waals surface area (Å²) in [5.41, 5.74) is 0. The van der Waals surface area contributed by atoms with Crippen LogP contribution in [0.2, 0.25) is 0 Å². The van der Waals surface area contributed by atoms with Gasteiger partial charge in [-0.2, -0.15) is 15.9 Å². The summed E-state index contributed by atoms with van der Waals surface area (Å²) in [4.78, 5) is 18.3. The Hall–Kier alpha value is -0.632. The average molecular weight is 351 g/mol. The van der Waals surface area contributed by atoms with Crippen LogP contribution in [0, 0.1) is 30.2 Å². The Morgan fingerprint density at radius 2 is 1.92 bits per heavy atom.